The van der Waals surface area contributed by atoms with Crippen molar-refractivity contribution in [1.82, 2.24) is 10.6 Å². The van der Waals surface area contributed by atoms with E-state index >= 15 is 0 Å². The number of rotatable bonds is 10. The standard InChI is InChI=1S/C15H31N3O3.HI/c1-15(2,21-5)12-18-14(16-3)17-11-9-7-6-8-10-13(19)20-4;/h6-12H2,1-5H3,(H2,16,17,18);1H. The predicted molar refractivity (Wildman–Crippen MR) is 101 cm³/mol. The molecule has 132 valence electrons. The number of guanidine groups is 1. The van der Waals surface area contributed by atoms with Crippen molar-refractivity contribution in [3.8, 4) is 0 Å². The lowest BCUT2D eigenvalue weighted by Crippen LogP contribution is -2.45. The number of carbonyl (C=O) groups excluding carboxylic acids is 1. The molecular weight excluding hydrogens is 397 g/mol. The van der Waals surface area contributed by atoms with Crippen molar-refractivity contribution >= 4 is 35.9 Å². The van der Waals surface area contributed by atoms with Gasteiger partial charge in [0.1, 0.15) is 0 Å². The van der Waals surface area contributed by atoms with E-state index in [9.17, 15) is 4.79 Å². The monoisotopic (exact) mass is 429 g/mol. The lowest BCUT2D eigenvalue weighted by Gasteiger charge is -2.24. The number of unbranched alkanes of at least 4 members (excludes halogenated alkanes) is 3. The van der Waals surface area contributed by atoms with E-state index in [0.29, 0.717) is 13.0 Å². The van der Waals surface area contributed by atoms with Gasteiger partial charge in [-0.05, 0) is 26.7 Å². The molecule has 0 aliphatic heterocycles. The molecule has 0 amide bonds. The first-order valence-electron chi connectivity index (χ1n) is 7.51. The van der Waals surface area contributed by atoms with Crippen molar-refractivity contribution in [1.29, 1.82) is 0 Å². The summed E-state index contributed by atoms with van der Waals surface area (Å²) in [4.78, 5) is 15.1. The van der Waals surface area contributed by atoms with E-state index in [4.69, 9.17) is 4.74 Å². The quantitative estimate of drug-likeness (QED) is 0.183. The Balaban J connectivity index is 0. The maximum Gasteiger partial charge on any atom is 0.305 e. The average molecular weight is 429 g/mol. The van der Waals surface area contributed by atoms with Crippen LogP contribution >= 0.6 is 24.0 Å². The minimum Gasteiger partial charge on any atom is -0.469 e. The van der Waals surface area contributed by atoms with Crippen molar-refractivity contribution < 1.29 is 14.3 Å². The normalized spacial score (nSPS) is 11.6. The van der Waals surface area contributed by atoms with Gasteiger partial charge in [-0.25, -0.2) is 0 Å². The molecule has 0 saturated heterocycles. The zero-order valence-corrected chi connectivity index (χ0v) is 16.9. The minimum absolute atomic E-state index is 0. The summed E-state index contributed by atoms with van der Waals surface area (Å²) in [5.41, 5.74) is -0.217. The van der Waals surface area contributed by atoms with Crippen LogP contribution in [0.3, 0.4) is 0 Å². The molecule has 0 aromatic carbocycles. The fourth-order valence-electron chi connectivity index (χ4n) is 1.65. The molecule has 0 saturated carbocycles. The number of nitrogens with one attached hydrogen (secondary N) is 2. The molecule has 6 nitrogen and oxygen atoms in total. The van der Waals surface area contributed by atoms with E-state index in [1.54, 1.807) is 14.2 Å². The van der Waals surface area contributed by atoms with Crippen LogP contribution in [0.15, 0.2) is 4.99 Å². The SMILES string of the molecule is CN=C(NCCCCCCC(=O)OC)NCC(C)(C)OC.I. The summed E-state index contributed by atoms with van der Waals surface area (Å²) in [6.45, 7) is 5.61. The number of halogens is 1. The first kappa shape index (κ1) is 23.7. The molecule has 0 radical (unpaired) electrons. The van der Waals surface area contributed by atoms with Crippen LogP contribution in [0.4, 0.5) is 0 Å². The van der Waals surface area contributed by atoms with Crippen molar-refractivity contribution in [2.24, 2.45) is 4.99 Å². The topological polar surface area (TPSA) is 72.0 Å². The third kappa shape index (κ3) is 13.1. The third-order valence-electron chi connectivity index (χ3n) is 3.29. The van der Waals surface area contributed by atoms with Gasteiger partial charge in [-0.15, -0.1) is 24.0 Å². The van der Waals surface area contributed by atoms with Gasteiger partial charge < -0.3 is 20.1 Å². The molecule has 0 bridgehead atoms. The van der Waals surface area contributed by atoms with Gasteiger partial charge in [0.05, 0.1) is 12.7 Å². The second kappa shape index (κ2) is 14.0. The molecule has 22 heavy (non-hydrogen) atoms. The summed E-state index contributed by atoms with van der Waals surface area (Å²) >= 11 is 0. The fraction of sp³-hybridized carbons (Fsp3) is 0.867. The van der Waals surface area contributed by atoms with Crippen LogP contribution in [-0.2, 0) is 14.3 Å². The number of methoxy groups -OCH3 is 2. The number of hydrogen-bond acceptors (Lipinski definition) is 4. The zero-order valence-electron chi connectivity index (χ0n) is 14.5. The van der Waals surface area contributed by atoms with Gasteiger partial charge in [-0.2, -0.15) is 0 Å². The third-order valence-corrected chi connectivity index (χ3v) is 3.29. The molecule has 7 heteroatoms. The molecule has 0 rings (SSSR count). The Bertz CT molecular complexity index is 323. The Hall–Kier alpha value is -0.570. The summed E-state index contributed by atoms with van der Waals surface area (Å²) in [5, 5.41) is 6.51. The van der Waals surface area contributed by atoms with E-state index in [-0.39, 0.29) is 35.5 Å². The molecule has 0 aliphatic rings. The first-order chi connectivity index (χ1) is 9.95. The fourth-order valence-corrected chi connectivity index (χ4v) is 1.65. The Morgan fingerprint density at radius 2 is 1.73 bits per heavy atom. The Morgan fingerprint density at radius 3 is 2.27 bits per heavy atom. The van der Waals surface area contributed by atoms with Crippen LogP contribution in [0.5, 0.6) is 0 Å². The molecule has 0 aliphatic carbocycles. The number of carbonyl (C=O) groups is 1. The van der Waals surface area contributed by atoms with Crippen LogP contribution in [0.25, 0.3) is 0 Å². The van der Waals surface area contributed by atoms with Crippen LogP contribution < -0.4 is 10.6 Å². The summed E-state index contributed by atoms with van der Waals surface area (Å²) in [5.74, 6) is 0.660. The number of esters is 1. The van der Waals surface area contributed by atoms with Crippen LogP contribution in [-0.4, -0.2) is 51.9 Å². The number of hydrogen-bond donors (Lipinski definition) is 2. The van der Waals surface area contributed by atoms with Crippen LogP contribution in [0.2, 0.25) is 0 Å². The summed E-state index contributed by atoms with van der Waals surface area (Å²) in [6.07, 6.45) is 4.58. The molecule has 0 unspecified atom stereocenters. The lowest BCUT2D eigenvalue weighted by molar-refractivity contribution is -0.140. The van der Waals surface area contributed by atoms with Gasteiger partial charge in [-0.3, -0.25) is 9.79 Å². The smallest absolute Gasteiger partial charge is 0.305 e. The summed E-state index contributed by atoms with van der Waals surface area (Å²) in [6, 6.07) is 0. The lowest BCUT2D eigenvalue weighted by atomic mass is 10.1. The largest absolute Gasteiger partial charge is 0.469 e. The molecule has 0 atom stereocenters. The Kier molecular flexibility index (Phi) is 15.1. The second-order valence-electron chi connectivity index (χ2n) is 5.56. The van der Waals surface area contributed by atoms with Gasteiger partial charge in [-0.1, -0.05) is 12.8 Å². The Labute approximate surface area is 151 Å². The molecule has 0 aromatic rings. The van der Waals surface area contributed by atoms with Crippen LogP contribution in [0, 0.1) is 0 Å². The average Bonchev–Trinajstić information content (AvgIpc) is 2.48. The van der Waals surface area contributed by atoms with Gasteiger partial charge in [0.25, 0.3) is 0 Å². The number of aliphatic imine (C=N–C) groups is 1. The van der Waals surface area contributed by atoms with Crippen molar-refractivity contribution in [3.05, 3.63) is 0 Å². The van der Waals surface area contributed by atoms with Gasteiger partial charge in [0.2, 0.25) is 0 Å². The molecule has 0 aromatic heterocycles. The number of ether oxygens (including phenoxy) is 2. The highest BCUT2D eigenvalue weighted by atomic mass is 127. The highest BCUT2D eigenvalue weighted by Crippen LogP contribution is 2.05. The highest BCUT2D eigenvalue weighted by Gasteiger charge is 2.16. The molecule has 2 N–H and O–H groups in total. The minimum atomic E-state index is -0.217. The van der Waals surface area contributed by atoms with Gasteiger partial charge in [0, 0.05) is 33.7 Å². The Morgan fingerprint density at radius 1 is 1.09 bits per heavy atom. The van der Waals surface area contributed by atoms with E-state index in [1.165, 1.54) is 7.11 Å². The van der Waals surface area contributed by atoms with E-state index < -0.39 is 0 Å². The molecule has 0 spiro atoms. The molecular formula is C15H32IN3O3. The van der Waals surface area contributed by atoms with Crippen molar-refractivity contribution in [2.75, 3.05) is 34.4 Å². The summed E-state index contributed by atoms with van der Waals surface area (Å²) in [7, 11) is 4.88. The van der Waals surface area contributed by atoms with E-state index in [0.717, 1.165) is 38.2 Å². The van der Waals surface area contributed by atoms with Crippen molar-refractivity contribution in [2.45, 2.75) is 51.6 Å². The van der Waals surface area contributed by atoms with Gasteiger partial charge in [0.15, 0.2) is 5.96 Å². The van der Waals surface area contributed by atoms with E-state index in [2.05, 4.69) is 20.4 Å². The maximum absolute atomic E-state index is 10.9. The summed E-state index contributed by atoms with van der Waals surface area (Å²) < 4.78 is 9.95. The molecule has 0 fully saturated rings. The number of nitrogens with zero attached hydrogens (tertiary/aromatic N) is 1. The predicted octanol–water partition coefficient (Wildman–Crippen LogP) is 2.32. The zero-order chi connectivity index (χ0) is 16.1. The van der Waals surface area contributed by atoms with Crippen LogP contribution in [0.1, 0.15) is 46.0 Å². The molecule has 0 heterocycles. The second-order valence-corrected chi connectivity index (χ2v) is 5.56. The maximum atomic E-state index is 10.9. The highest BCUT2D eigenvalue weighted by molar-refractivity contribution is 14.0. The van der Waals surface area contributed by atoms with Gasteiger partial charge >= 0.3 is 5.97 Å². The van der Waals surface area contributed by atoms with Crippen molar-refractivity contribution in [3.63, 3.8) is 0 Å². The first-order valence-corrected chi connectivity index (χ1v) is 7.51. The van der Waals surface area contributed by atoms with E-state index in [1.807, 2.05) is 13.8 Å².